The van der Waals surface area contributed by atoms with Gasteiger partial charge >= 0.3 is 0 Å². The van der Waals surface area contributed by atoms with Crippen molar-refractivity contribution in [1.82, 2.24) is 9.97 Å². The molecule has 0 unspecified atom stereocenters. The lowest BCUT2D eigenvalue weighted by Crippen LogP contribution is -1.91. The van der Waals surface area contributed by atoms with E-state index in [2.05, 4.69) is 9.97 Å². The summed E-state index contributed by atoms with van der Waals surface area (Å²) in [6, 6.07) is 5.21. The molecule has 0 saturated heterocycles. The van der Waals surface area contributed by atoms with Crippen LogP contribution in [0, 0.1) is 23.0 Å². The second-order valence-corrected chi connectivity index (χ2v) is 4.06. The van der Waals surface area contributed by atoms with Crippen LogP contribution in [0.25, 0.3) is 0 Å². The van der Waals surface area contributed by atoms with E-state index < -0.39 is 11.6 Å². The van der Waals surface area contributed by atoms with E-state index in [9.17, 15) is 8.78 Å². The third kappa shape index (κ3) is 2.57. The summed E-state index contributed by atoms with van der Waals surface area (Å²) in [6.07, 6.45) is 2.77. The predicted octanol–water partition coefficient (Wildman–Crippen LogP) is 2.78. The molecule has 0 bridgehead atoms. The van der Waals surface area contributed by atoms with Gasteiger partial charge in [-0.3, -0.25) is 0 Å². The quantitative estimate of drug-likeness (QED) is 0.768. The molecule has 0 spiro atoms. The Morgan fingerprint density at radius 1 is 1.24 bits per heavy atom. The highest BCUT2D eigenvalue weighted by Gasteiger charge is 2.13. The van der Waals surface area contributed by atoms with Crippen molar-refractivity contribution in [2.45, 2.75) is 9.92 Å². The maximum Gasteiger partial charge on any atom is 0.141 e. The Hall–Kier alpha value is -2.00. The zero-order valence-corrected chi connectivity index (χ0v) is 9.21. The minimum absolute atomic E-state index is 0.0490. The van der Waals surface area contributed by atoms with Gasteiger partial charge in [0.1, 0.15) is 23.0 Å². The monoisotopic (exact) mass is 249 g/mol. The van der Waals surface area contributed by atoms with Crippen LogP contribution in [-0.4, -0.2) is 9.97 Å². The predicted molar refractivity (Wildman–Crippen MR) is 57.2 cm³/mol. The van der Waals surface area contributed by atoms with E-state index in [-0.39, 0.29) is 10.5 Å². The maximum absolute atomic E-state index is 13.5. The average Bonchev–Trinajstić information content (AvgIpc) is 2.35. The number of halogens is 2. The molecule has 1 aromatic carbocycles. The molecule has 0 atom stereocenters. The normalized spacial score (nSPS) is 9.94. The molecule has 0 N–H and O–H groups in total. The van der Waals surface area contributed by atoms with Crippen molar-refractivity contribution in [2.75, 3.05) is 0 Å². The highest BCUT2D eigenvalue weighted by Crippen LogP contribution is 2.31. The standard InChI is InChI=1S/C11H5F2N3S/c12-8-3-7(5-14)4-9(13)11(8)17-10-1-2-15-6-16-10/h1-4,6H. The molecule has 0 aliphatic carbocycles. The molecular formula is C11H5F2N3S. The van der Waals surface area contributed by atoms with E-state index in [1.807, 2.05) is 0 Å². The third-order valence-corrected chi connectivity index (χ3v) is 2.93. The fourth-order valence-corrected chi connectivity index (χ4v) is 1.92. The molecule has 0 aliphatic rings. The number of nitrogens with zero attached hydrogens (tertiary/aromatic N) is 3. The van der Waals surface area contributed by atoms with Gasteiger partial charge in [0.2, 0.25) is 0 Å². The van der Waals surface area contributed by atoms with Gasteiger partial charge in [0, 0.05) is 6.20 Å². The van der Waals surface area contributed by atoms with Gasteiger partial charge in [0.15, 0.2) is 0 Å². The molecule has 84 valence electrons. The molecule has 0 saturated carbocycles. The van der Waals surface area contributed by atoms with Crippen LogP contribution in [0.2, 0.25) is 0 Å². The van der Waals surface area contributed by atoms with E-state index in [4.69, 9.17) is 5.26 Å². The highest BCUT2D eigenvalue weighted by atomic mass is 32.2. The van der Waals surface area contributed by atoms with Crippen LogP contribution in [0.1, 0.15) is 5.56 Å². The summed E-state index contributed by atoms with van der Waals surface area (Å²) in [5, 5.41) is 8.99. The van der Waals surface area contributed by atoms with Crippen molar-refractivity contribution in [3.63, 3.8) is 0 Å². The Morgan fingerprint density at radius 3 is 2.47 bits per heavy atom. The Kier molecular flexibility index (Phi) is 3.30. The summed E-state index contributed by atoms with van der Waals surface area (Å²) in [4.78, 5) is 7.38. The van der Waals surface area contributed by atoms with Crippen molar-refractivity contribution in [1.29, 1.82) is 5.26 Å². The minimum Gasteiger partial charge on any atom is -0.245 e. The summed E-state index contributed by atoms with van der Waals surface area (Å²) in [5.74, 6) is -1.55. The third-order valence-electron chi connectivity index (χ3n) is 1.89. The van der Waals surface area contributed by atoms with E-state index >= 15 is 0 Å². The molecule has 3 nitrogen and oxygen atoms in total. The van der Waals surface area contributed by atoms with Crippen LogP contribution in [0.4, 0.5) is 8.78 Å². The summed E-state index contributed by atoms with van der Waals surface area (Å²) >= 11 is 0.850. The van der Waals surface area contributed by atoms with Gasteiger partial charge in [-0.25, -0.2) is 18.7 Å². The van der Waals surface area contributed by atoms with Gasteiger partial charge in [0.05, 0.1) is 16.5 Å². The molecule has 0 aliphatic heterocycles. The first-order chi connectivity index (χ1) is 8.20. The number of nitriles is 1. The van der Waals surface area contributed by atoms with Crippen LogP contribution in [0.15, 0.2) is 40.6 Å². The smallest absolute Gasteiger partial charge is 0.141 e. The fourth-order valence-electron chi connectivity index (χ4n) is 1.17. The fraction of sp³-hybridized carbons (Fsp3) is 0. The Labute approximate surface area is 100 Å². The SMILES string of the molecule is N#Cc1cc(F)c(Sc2ccncn2)c(F)c1. The van der Waals surface area contributed by atoms with Gasteiger partial charge in [-0.2, -0.15) is 5.26 Å². The number of rotatable bonds is 2. The van der Waals surface area contributed by atoms with Gasteiger partial charge in [-0.05, 0) is 18.2 Å². The number of hydrogen-bond donors (Lipinski definition) is 0. The van der Waals surface area contributed by atoms with E-state index in [0.29, 0.717) is 5.03 Å². The van der Waals surface area contributed by atoms with Crippen LogP contribution in [0.5, 0.6) is 0 Å². The largest absolute Gasteiger partial charge is 0.245 e. The molecule has 0 amide bonds. The highest BCUT2D eigenvalue weighted by molar-refractivity contribution is 7.99. The Bertz CT molecular complexity index is 558. The summed E-state index contributed by atoms with van der Waals surface area (Å²) in [7, 11) is 0. The number of benzene rings is 1. The van der Waals surface area contributed by atoms with Crippen molar-refractivity contribution >= 4 is 11.8 Å². The lowest BCUT2D eigenvalue weighted by Gasteiger charge is -2.04. The first-order valence-electron chi connectivity index (χ1n) is 4.53. The average molecular weight is 249 g/mol. The second-order valence-electron chi connectivity index (χ2n) is 3.03. The van der Waals surface area contributed by atoms with E-state index in [0.717, 1.165) is 23.9 Å². The maximum atomic E-state index is 13.5. The summed E-state index contributed by atoms with van der Waals surface area (Å²) in [5.41, 5.74) is -0.0490. The zero-order valence-electron chi connectivity index (χ0n) is 8.39. The summed E-state index contributed by atoms with van der Waals surface area (Å²) < 4.78 is 27.1. The molecule has 6 heteroatoms. The van der Waals surface area contributed by atoms with Crippen LogP contribution < -0.4 is 0 Å². The zero-order chi connectivity index (χ0) is 12.3. The summed E-state index contributed by atoms with van der Waals surface area (Å²) in [6.45, 7) is 0. The van der Waals surface area contributed by atoms with Gasteiger partial charge in [0.25, 0.3) is 0 Å². The molecule has 17 heavy (non-hydrogen) atoms. The van der Waals surface area contributed by atoms with Gasteiger partial charge in [-0.1, -0.05) is 11.8 Å². The topological polar surface area (TPSA) is 49.6 Å². The Morgan fingerprint density at radius 2 is 1.94 bits per heavy atom. The molecule has 2 aromatic rings. The van der Waals surface area contributed by atoms with Crippen molar-refractivity contribution in [3.8, 4) is 6.07 Å². The van der Waals surface area contributed by atoms with Crippen molar-refractivity contribution < 1.29 is 8.78 Å². The van der Waals surface area contributed by atoms with Gasteiger partial charge < -0.3 is 0 Å². The minimum atomic E-state index is -0.773. The van der Waals surface area contributed by atoms with Crippen LogP contribution >= 0.6 is 11.8 Å². The molecule has 0 fully saturated rings. The number of aromatic nitrogens is 2. The number of hydrogen-bond acceptors (Lipinski definition) is 4. The van der Waals surface area contributed by atoms with E-state index in [1.165, 1.54) is 12.5 Å². The van der Waals surface area contributed by atoms with E-state index in [1.54, 1.807) is 12.1 Å². The second kappa shape index (κ2) is 4.89. The lowest BCUT2D eigenvalue weighted by molar-refractivity contribution is 0.539. The molecular weight excluding hydrogens is 244 g/mol. The molecule has 1 heterocycles. The molecule has 2 rings (SSSR count). The van der Waals surface area contributed by atoms with Crippen LogP contribution in [0.3, 0.4) is 0 Å². The first-order valence-corrected chi connectivity index (χ1v) is 5.35. The Balaban J connectivity index is 2.38. The van der Waals surface area contributed by atoms with Crippen molar-refractivity contribution in [2.24, 2.45) is 0 Å². The molecule has 0 radical (unpaired) electrons. The molecule has 1 aromatic heterocycles. The van der Waals surface area contributed by atoms with Crippen molar-refractivity contribution in [3.05, 3.63) is 47.9 Å². The first kappa shape index (κ1) is 11.5. The lowest BCUT2D eigenvalue weighted by atomic mass is 10.2. The van der Waals surface area contributed by atoms with Gasteiger partial charge in [-0.15, -0.1) is 0 Å². The van der Waals surface area contributed by atoms with Crippen LogP contribution in [-0.2, 0) is 0 Å².